The first kappa shape index (κ1) is 14.3. The lowest BCUT2D eigenvalue weighted by Gasteiger charge is -2.22. The number of rotatable bonds is 4. The number of hydrogen-bond donors (Lipinski definition) is 0. The van der Waals surface area contributed by atoms with Crippen molar-refractivity contribution in [2.75, 3.05) is 11.4 Å². The van der Waals surface area contributed by atoms with Crippen LogP contribution in [0.3, 0.4) is 0 Å². The third-order valence-corrected chi connectivity index (χ3v) is 3.10. The van der Waals surface area contributed by atoms with Crippen molar-refractivity contribution in [3.05, 3.63) is 65.5 Å². The van der Waals surface area contributed by atoms with Crippen LogP contribution in [0.25, 0.3) is 0 Å². The molecule has 0 aromatic heterocycles. The Morgan fingerprint density at radius 1 is 1.15 bits per heavy atom. The Morgan fingerprint density at radius 3 is 2.45 bits per heavy atom. The topological polar surface area (TPSA) is 20.3 Å². The van der Waals surface area contributed by atoms with Gasteiger partial charge in [0, 0.05) is 17.8 Å². The Kier molecular flexibility index (Phi) is 4.51. The molecule has 0 aliphatic rings. The first-order valence-corrected chi connectivity index (χ1v) is 6.76. The minimum absolute atomic E-state index is 0.0996. The van der Waals surface area contributed by atoms with Gasteiger partial charge in [-0.2, -0.15) is 0 Å². The Morgan fingerprint density at radius 2 is 1.85 bits per heavy atom. The highest BCUT2D eigenvalue weighted by Crippen LogP contribution is 2.19. The molecule has 104 valence electrons. The highest BCUT2D eigenvalue weighted by Gasteiger charge is 2.16. The van der Waals surface area contributed by atoms with Crippen LogP contribution in [0.5, 0.6) is 0 Å². The van der Waals surface area contributed by atoms with Crippen LogP contribution in [0.1, 0.15) is 29.3 Å². The molecule has 0 spiro atoms. The maximum Gasteiger partial charge on any atom is 0.258 e. The molecule has 1 amide bonds. The lowest BCUT2D eigenvalue weighted by Crippen LogP contribution is -2.31. The summed E-state index contributed by atoms with van der Waals surface area (Å²) in [5, 5.41) is 0. The van der Waals surface area contributed by atoms with Crippen LogP contribution in [-0.4, -0.2) is 12.5 Å². The van der Waals surface area contributed by atoms with E-state index in [4.69, 9.17) is 0 Å². The minimum Gasteiger partial charge on any atom is -0.308 e. The maximum absolute atomic E-state index is 13.0. The fourth-order valence-electron chi connectivity index (χ4n) is 2.12. The predicted octanol–water partition coefficient (Wildman–Crippen LogP) is 4.19. The number of amides is 1. The van der Waals surface area contributed by atoms with Gasteiger partial charge in [-0.25, -0.2) is 4.39 Å². The summed E-state index contributed by atoms with van der Waals surface area (Å²) in [6.07, 6.45) is 0.862. The zero-order chi connectivity index (χ0) is 14.5. The molecule has 0 saturated heterocycles. The number of hydrogen-bond acceptors (Lipinski definition) is 1. The molecular formula is C17H18FNO. The lowest BCUT2D eigenvalue weighted by molar-refractivity contribution is 0.0987. The molecule has 2 rings (SSSR count). The highest BCUT2D eigenvalue weighted by atomic mass is 19.1. The Labute approximate surface area is 118 Å². The number of aryl methyl sites for hydroxylation is 1. The van der Waals surface area contributed by atoms with Gasteiger partial charge in [-0.05, 0) is 55.3 Å². The van der Waals surface area contributed by atoms with Crippen LogP contribution in [-0.2, 0) is 0 Å². The van der Waals surface area contributed by atoms with Gasteiger partial charge in [0.1, 0.15) is 5.82 Å². The van der Waals surface area contributed by atoms with E-state index in [9.17, 15) is 9.18 Å². The number of benzene rings is 2. The van der Waals surface area contributed by atoms with E-state index in [0.717, 1.165) is 17.7 Å². The Bertz CT molecular complexity index is 592. The van der Waals surface area contributed by atoms with Crippen LogP contribution in [0.4, 0.5) is 10.1 Å². The van der Waals surface area contributed by atoms with Crippen LogP contribution in [0.2, 0.25) is 0 Å². The van der Waals surface area contributed by atoms with E-state index < -0.39 is 0 Å². The molecule has 2 aromatic carbocycles. The zero-order valence-electron chi connectivity index (χ0n) is 11.8. The Balaban J connectivity index is 2.33. The molecule has 2 nitrogen and oxygen atoms in total. The van der Waals surface area contributed by atoms with Crippen molar-refractivity contribution >= 4 is 11.6 Å². The van der Waals surface area contributed by atoms with E-state index >= 15 is 0 Å². The van der Waals surface area contributed by atoms with Gasteiger partial charge in [-0.15, -0.1) is 0 Å². The van der Waals surface area contributed by atoms with Crippen LogP contribution < -0.4 is 4.90 Å². The fraction of sp³-hybridized carbons (Fsp3) is 0.235. The largest absolute Gasteiger partial charge is 0.308 e. The summed E-state index contributed by atoms with van der Waals surface area (Å²) >= 11 is 0. The summed E-state index contributed by atoms with van der Waals surface area (Å²) in [5.41, 5.74) is 2.48. The lowest BCUT2D eigenvalue weighted by atomic mass is 10.1. The van der Waals surface area contributed by atoms with E-state index in [1.54, 1.807) is 4.90 Å². The van der Waals surface area contributed by atoms with Crippen molar-refractivity contribution in [3.8, 4) is 0 Å². The zero-order valence-corrected chi connectivity index (χ0v) is 11.8. The standard InChI is InChI=1S/C17H18FNO/c1-3-11-19(16-6-4-5-13(2)12-16)17(20)14-7-9-15(18)10-8-14/h4-10,12H,3,11H2,1-2H3. The second-order valence-corrected chi connectivity index (χ2v) is 4.80. The molecule has 2 aromatic rings. The van der Waals surface area contributed by atoms with E-state index in [0.29, 0.717) is 12.1 Å². The van der Waals surface area contributed by atoms with E-state index in [2.05, 4.69) is 0 Å². The molecule has 0 bridgehead atoms. The normalized spacial score (nSPS) is 10.3. The number of anilines is 1. The molecular weight excluding hydrogens is 253 g/mol. The number of halogens is 1. The third kappa shape index (κ3) is 3.23. The SMILES string of the molecule is CCCN(C(=O)c1ccc(F)cc1)c1cccc(C)c1. The molecule has 0 radical (unpaired) electrons. The fourth-order valence-corrected chi connectivity index (χ4v) is 2.12. The Hall–Kier alpha value is -2.16. The van der Waals surface area contributed by atoms with E-state index in [-0.39, 0.29) is 11.7 Å². The van der Waals surface area contributed by atoms with Gasteiger partial charge in [0.2, 0.25) is 0 Å². The van der Waals surface area contributed by atoms with Crippen molar-refractivity contribution in [2.24, 2.45) is 0 Å². The molecule has 0 N–H and O–H groups in total. The van der Waals surface area contributed by atoms with Crippen LogP contribution in [0.15, 0.2) is 48.5 Å². The van der Waals surface area contributed by atoms with E-state index in [1.807, 2.05) is 38.1 Å². The van der Waals surface area contributed by atoms with Gasteiger partial charge >= 0.3 is 0 Å². The molecule has 0 unspecified atom stereocenters. The van der Waals surface area contributed by atoms with Crippen molar-refractivity contribution in [1.29, 1.82) is 0 Å². The average molecular weight is 271 g/mol. The maximum atomic E-state index is 13.0. The van der Waals surface area contributed by atoms with Crippen LogP contribution in [0, 0.1) is 12.7 Å². The first-order valence-electron chi connectivity index (χ1n) is 6.76. The summed E-state index contributed by atoms with van der Waals surface area (Å²) in [5.74, 6) is -0.434. The first-order chi connectivity index (χ1) is 9.61. The molecule has 0 aliphatic carbocycles. The van der Waals surface area contributed by atoms with E-state index in [1.165, 1.54) is 24.3 Å². The highest BCUT2D eigenvalue weighted by molar-refractivity contribution is 6.06. The third-order valence-electron chi connectivity index (χ3n) is 3.10. The summed E-state index contributed by atoms with van der Waals surface area (Å²) < 4.78 is 13.0. The average Bonchev–Trinajstić information content (AvgIpc) is 2.45. The van der Waals surface area contributed by atoms with Gasteiger partial charge in [-0.1, -0.05) is 19.1 Å². The predicted molar refractivity (Wildman–Crippen MR) is 79.5 cm³/mol. The summed E-state index contributed by atoms with van der Waals surface area (Å²) in [7, 11) is 0. The van der Waals surface area contributed by atoms with Gasteiger partial charge in [0.05, 0.1) is 0 Å². The molecule has 0 fully saturated rings. The second kappa shape index (κ2) is 6.33. The van der Waals surface area contributed by atoms with Crippen molar-refractivity contribution in [3.63, 3.8) is 0 Å². The summed E-state index contributed by atoms with van der Waals surface area (Å²) in [4.78, 5) is 14.3. The van der Waals surface area contributed by atoms with Gasteiger partial charge < -0.3 is 4.90 Å². The molecule has 0 heterocycles. The monoisotopic (exact) mass is 271 g/mol. The molecule has 0 atom stereocenters. The van der Waals surface area contributed by atoms with Crippen molar-refractivity contribution in [2.45, 2.75) is 20.3 Å². The number of carbonyl (C=O) groups is 1. The van der Waals surface area contributed by atoms with Gasteiger partial charge in [0.25, 0.3) is 5.91 Å². The van der Waals surface area contributed by atoms with Crippen molar-refractivity contribution < 1.29 is 9.18 Å². The van der Waals surface area contributed by atoms with Gasteiger partial charge in [-0.3, -0.25) is 4.79 Å². The number of nitrogens with zero attached hydrogens (tertiary/aromatic N) is 1. The summed E-state index contributed by atoms with van der Waals surface area (Å²) in [6.45, 7) is 4.66. The smallest absolute Gasteiger partial charge is 0.258 e. The molecule has 0 aliphatic heterocycles. The second-order valence-electron chi connectivity index (χ2n) is 4.80. The quantitative estimate of drug-likeness (QED) is 0.816. The van der Waals surface area contributed by atoms with Crippen LogP contribution >= 0.6 is 0 Å². The molecule has 3 heteroatoms. The molecule has 20 heavy (non-hydrogen) atoms. The molecule has 0 saturated carbocycles. The van der Waals surface area contributed by atoms with Gasteiger partial charge in [0.15, 0.2) is 0 Å². The number of carbonyl (C=O) groups excluding carboxylic acids is 1. The minimum atomic E-state index is -0.334. The van der Waals surface area contributed by atoms with Crippen molar-refractivity contribution in [1.82, 2.24) is 0 Å². The summed E-state index contributed by atoms with van der Waals surface area (Å²) in [6, 6.07) is 13.5.